The van der Waals surface area contributed by atoms with E-state index in [-0.39, 0.29) is 16.5 Å². The number of carbonyl (C=O) groups excluding carboxylic acids is 1. The van der Waals surface area contributed by atoms with Crippen molar-refractivity contribution in [3.8, 4) is 0 Å². The van der Waals surface area contributed by atoms with Gasteiger partial charge in [0.1, 0.15) is 10.9 Å². The Kier molecular flexibility index (Phi) is 3.51. The first-order chi connectivity index (χ1) is 8.81. The molecule has 2 rings (SSSR count). The van der Waals surface area contributed by atoms with Crippen LogP contribution in [0.2, 0.25) is 0 Å². The molecular formula is C12H17N3O3S. The second-order valence-electron chi connectivity index (χ2n) is 4.76. The van der Waals surface area contributed by atoms with Gasteiger partial charge in [0.2, 0.25) is 15.9 Å². The van der Waals surface area contributed by atoms with E-state index in [1.165, 1.54) is 11.0 Å². The van der Waals surface area contributed by atoms with Gasteiger partial charge in [-0.05, 0) is 31.0 Å². The lowest BCUT2D eigenvalue weighted by atomic mass is 10.2. The van der Waals surface area contributed by atoms with Gasteiger partial charge in [-0.2, -0.15) is 4.72 Å². The Balaban J connectivity index is 2.26. The largest absolute Gasteiger partial charge is 0.398 e. The van der Waals surface area contributed by atoms with Crippen molar-refractivity contribution in [1.29, 1.82) is 0 Å². The highest BCUT2D eigenvalue weighted by molar-refractivity contribution is 7.89. The molecule has 1 saturated heterocycles. The van der Waals surface area contributed by atoms with Crippen molar-refractivity contribution in [3.63, 3.8) is 0 Å². The van der Waals surface area contributed by atoms with Crippen molar-refractivity contribution in [2.24, 2.45) is 0 Å². The minimum absolute atomic E-state index is 0.0143. The van der Waals surface area contributed by atoms with Crippen molar-refractivity contribution < 1.29 is 13.2 Å². The van der Waals surface area contributed by atoms with Crippen LogP contribution < -0.4 is 10.5 Å². The summed E-state index contributed by atoms with van der Waals surface area (Å²) in [5.41, 5.74) is 6.80. The fourth-order valence-corrected chi connectivity index (χ4v) is 3.43. The molecule has 1 amide bonds. The quantitative estimate of drug-likeness (QED) is 0.769. The normalized spacial score (nSPS) is 20.0. The zero-order valence-electron chi connectivity index (χ0n) is 10.9. The first-order valence-electron chi connectivity index (χ1n) is 5.95. The molecule has 3 N–H and O–H groups in total. The number of nitrogen functional groups attached to an aromatic ring is 1. The molecule has 104 valence electrons. The summed E-state index contributed by atoms with van der Waals surface area (Å²) in [6, 6.07) is 4.02. The van der Waals surface area contributed by atoms with Gasteiger partial charge in [-0.1, -0.05) is 6.07 Å². The van der Waals surface area contributed by atoms with Crippen molar-refractivity contribution in [3.05, 3.63) is 23.8 Å². The van der Waals surface area contributed by atoms with Crippen LogP contribution in [0.4, 0.5) is 5.69 Å². The lowest BCUT2D eigenvalue weighted by Crippen LogP contribution is -2.40. The third-order valence-corrected chi connectivity index (χ3v) is 4.73. The number of carbonyl (C=O) groups is 1. The molecule has 19 heavy (non-hydrogen) atoms. The summed E-state index contributed by atoms with van der Waals surface area (Å²) in [4.78, 5) is 13.2. The number of likely N-dealkylation sites (tertiary alicyclic amines) is 1. The highest BCUT2D eigenvalue weighted by Gasteiger charge is 2.33. The summed E-state index contributed by atoms with van der Waals surface area (Å²) < 4.78 is 26.8. The molecule has 7 heteroatoms. The van der Waals surface area contributed by atoms with E-state index in [0.29, 0.717) is 13.0 Å². The molecule has 1 aliphatic heterocycles. The average molecular weight is 283 g/mol. The summed E-state index contributed by atoms with van der Waals surface area (Å²) >= 11 is 0. The summed E-state index contributed by atoms with van der Waals surface area (Å²) in [7, 11) is -2.12. The predicted octanol–water partition coefficient (Wildman–Crippen LogP) is 0.0862. The van der Waals surface area contributed by atoms with E-state index in [9.17, 15) is 13.2 Å². The molecule has 0 aromatic heterocycles. The molecule has 1 aliphatic rings. The van der Waals surface area contributed by atoms with Crippen LogP contribution >= 0.6 is 0 Å². The highest BCUT2D eigenvalue weighted by Crippen LogP contribution is 2.21. The molecule has 1 aromatic carbocycles. The van der Waals surface area contributed by atoms with E-state index < -0.39 is 16.1 Å². The number of benzene rings is 1. The van der Waals surface area contributed by atoms with Gasteiger partial charge in [-0.25, -0.2) is 8.42 Å². The lowest BCUT2D eigenvalue weighted by Gasteiger charge is -2.14. The Labute approximate surface area is 112 Å². The maximum atomic E-state index is 12.2. The third kappa shape index (κ3) is 2.71. The second kappa shape index (κ2) is 4.82. The third-order valence-electron chi connectivity index (χ3n) is 3.18. The average Bonchev–Trinajstić information content (AvgIpc) is 2.60. The van der Waals surface area contributed by atoms with Gasteiger partial charge in [-0.15, -0.1) is 0 Å². The summed E-state index contributed by atoms with van der Waals surface area (Å²) in [6.07, 6.45) is 0.473. The van der Waals surface area contributed by atoms with E-state index in [1.807, 2.05) is 6.92 Å². The fraction of sp³-hybridized carbons (Fsp3) is 0.417. The van der Waals surface area contributed by atoms with Crippen molar-refractivity contribution in [1.82, 2.24) is 9.62 Å². The van der Waals surface area contributed by atoms with Crippen LogP contribution in [-0.4, -0.2) is 38.9 Å². The second-order valence-corrected chi connectivity index (χ2v) is 6.45. The molecule has 0 radical (unpaired) electrons. The summed E-state index contributed by atoms with van der Waals surface area (Å²) in [5, 5.41) is 0. The number of hydrogen-bond acceptors (Lipinski definition) is 4. The first kappa shape index (κ1) is 13.8. The van der Waals surface area contributed by atoms with E-state index >= 15 is 0 Å². The maximum absolute atomic E-state index is 12.2. The number of hydrogen-bond donors (Lipinski definition) is 2. The molecule has 1 unspecified atom stereocenters. The van der Waals surface area contributed by atoms with Crippen molar-refractivity contribution in [2.45, 2.75) is 24.3 Å². The molecule has 6 nitrogen and oxygen atoms in total. The van der Waals surface area contributed by atoms with Crippen LogP contribution in [0.15, 0.2) is 23.1 Å². The SMILES string of the molecule is Cc1ccc(S(=O)(=O)NC2CCN(C)C2=O)c(N)c1. The first-order valence-corrected chi connectivity index (χ1v) is 7.43. The molecule has 0 aliphatic carbocycles. The van der Waals surface area contributed by atoms with E-state index in [1.54, 1.807) is 19.2 Å². The Morgan fingerprint density at radius 2 is 2.11 bits per heavy atom. The van der Waals surface area contributed by atoms with Crippen LogP contribution in [-0.2, 0) is 14.8 Å². The number of sulfonamides is 1. The number of nitrogens with one attached hydrogen (secondary N) is 1. The monoisotopic (exact) mass is 283 g/mol. The number of likely N-dealkylation sites (N-methyl/N-ethyl adjacent to an activating group) is 1. The summed E-state index contributed by atoms with van der Waals surface area (Å²) in [6.45, 7) is 2.38. The zero-order valence-corrected chi connectivity index (χ0v) is 11.7. The molecule has 1 aromatic rings. The van der Waals surface area contributed by atoms with Crippen LogP contribution in [0.5, 0.6) is 0 Å². The smallest absolute Gasteiger partial charge is 0.243 e. The number of rotatable bonds is 3. The van der Waals surface area contributed by atoms with Gasteiger partial charge in [0, 0.05) is 13.6 Å². The predicted molar refractivity (Wildman–Crippen MR) is 72.0 cm³/mol. The number of anilines is 1. The molecule has 1 fully saturated rings. The topological polar surface area (TPSA) is 92.5 Å². The Hall–Kier alpha value is -1.60. The molecular weight excluding hydrogens is 266 g/mol. The van der Waals surface area contributed by atoms with Crippen LogP contribution in [0.3, 0.4) is 0 Å². The van der Waals surface area contributed by atoms with Gasteiger partial charge in [0.15, 0.2) is 0 Å². The Morgan fingerprint density at radius 1 is 1.42 bits per heavy atom. The fourth-order valence-electron chi connectivity index (χ4n) is 2.10. The standard InChI is InChI=1S/C12H17N3O3S/c1-8-3-4-11(9(13)7-8)19(17,18)14-10-5-6-15(2)12(10)16/h3-4,7,10,14H,5-6,13H2,1-2H3. The molecule has 0 spiro atoms. The molecule has 0 saturated carbocycles. The van der Waals surface area contributed by atoms with E-state index in [0.717, 1.165) is 5.56 Å². The van der Waals surface area contributed by atoms with Crippen LogP contribution in [0.25, 0.3) is 0 Å². The lowest BCUT2D eigenvalue weighted by molar-refractivity contribution is -0.127. The van der Waals surface area contributed by atoms with Gasteiger partial charge in [0.05, 0.1) is 5.69 Å². The number of amides is 1. The van der Waals surface area contributed by atoms with Crippen LogP contribution in [0, 0.1) is 6.92 Å². The minimum atomic E-state index is -3.77. The van der Waals surface area contributed by atoms with E-state index in [4.69, 9.17) is 5.73 Å². The molecule has 1 heterocycles. The van der Waals surface area contributed by atoms with Crippen molar-refractivity contribution >= 4 is 21.6 Å². The number of nitrogens with zero attached hydrogens (tertiary/aromatic N) is 1. The van der Waals surface area contributed by atoms with Gasteiger partial charge < -0.3 is 10.6 Å². The van der Waals surface area contributed by atoms with Gasteiger partial charge >= 0.3 is 0 Å². The Bertz CT molecular complexity index is 613. The Morgan fingerprint density at radius 3 is 2.63 bits per heavy atom. The molecule has 0 bridgehead atoms. The zero-order chi connectivity index (χ0) is 14.2. The molecule has 1 atom stereocenters. The van der Waals surface area contributed by atoms with Crippen LogP contribution in [0.1, 0.15) is 12.0 Å². The van der Waals surface area contributed by atoms with Gasteiger partial charge in [-0.3, -0.25) is 4.79 Å². The summed E-state index contributed by atoms with van der Waals surface area (Å²) in [5.74, 6) is -0.214. The van der Waals surface area contributed by atoms with Gasteiger partial charge in [0.25, 0.3) is 0 Å². The highest BCUT2D eigenvalue weighted by atomic mass is 32.2. The number of aryl methyl sites for hydroxylation is 1. The van der Waals surface area contributed by atoms with Crippen molar-refractivity contribution in [2.75, 3.05) is 19.3 Å². The maximum Gasteiger partial charge on any atom is 0.243 e. The number of nitrogens with two attached hydrogens (primary N) is 1. The van der Waals surface area contributed by atoms with E-state index in [2.05, 4.69) is 4.72 Å². The minimum Gasteiger partial charge on any atom is -0.398 e.